The van der Waals surface area contributed by atoms with Crippen LogP contribution in [0.2, 0.25) is 0 Å². The number of ether oxygens (including phenoxy) is 3. The van der Waals surface area contributed by atoms with E-state index in [1.54, 1.807) is 0 Å². The Bertz CT molecular complexity index is 1470. The van der Waals surface area contributed by atoms with Crippen LogP contribution in [0, 0.1) is 0 Å². The van der Waals surface area contributed by atoms with Crippen LogP contribution in [0.15, 0.2) is 60.8 Å². The van der Waals surface area contributed by atoms with Crippen LogP contribution in [0.5, 0.6) is 0 Å². The van der Waals surface area contributed by atoms with Gasteiger partial charge in [-0.15, -0.1) is 0 Å². The number of carbonyl (C=O) groups excluding carboxylic acids is 3. The third kappa shape index (κ3) is 69.8. The fraction of sp³-hybridized carbons (Fsp3) is 0.831. The molecule has 0 aromatic carbocycles. The minimum Gasteiger partial charge on any atom is -0.462 e. The molecule has 0 rings (SSSR count). The fourth-order valence-electron chi connectivity index (χ4n) is 11.1. The summed E-state index contributed by atoms with van der Waals surface area (Å²) < 4.78 is 17.0. The van der Waals surface area contributed by atoms with E-state index in [9.17, 15) is 14.4 Å². The molecule has 6 nitrogen and oxygen atoms in total. The zero-order valence-corrected chi connectivity index (χ0v) is 55.7. The van der Waals surface area contributed by atoms with E-state index < -0.39 is 6.10 Å². The minimum absolute atomic E-state index is 0.0651. The van der Waals surface area contributed by atoms with Gasteiger partial charge in [-0.25, -0.2) is 0 Å². The Balaban J connectivity index is 4.10. The van der Waals surface area contributed by atoms with Crippen molar-refractivity contribution in [2.24, 2.45) is 0 Å². The Kier molecular flexibility index (Phi) is 69.1. The van der Waals surface area contributed by atoms with Crippen LogP contribution in [0.3, 0.4) is 0 Å². The molecule has 1 atom stereocenters. The highest BCUT2D eigenvalue weighted by Gasteiger charge is 2.19. The fourth-order valence-corrected chi connectivity index (χ4v) is 11.1. The molecule has 83 heavy (non-hydrogen) atoms. The summed E-state index contributed by atoms with van der Waals surface area (Å²) in [7, 11) is 0. The van der Waals surface area contributed by atoms with Crippen molar-refractivity contribution in [3.8, 4) is 0 Å². The molecule has 0 radical (unpaired) electrons. The lowest BCUT2D eigenvalue weighted by Gasteiger charge is -2.18. The molecule has 484 valence electrons. The standard InChI is InChI=1S/C77H140O6/c1-4-7-10-13-16-19-22-25-27-29-30-31-32-33-34-35-36-37-38-39-40-41-42-43-44-45-46-48-49-52-55-58-61-64-67-70-76(79)82-73-74(72-81-75(78)69-66-63-60-57-54-51-24-21-18-15-12-9-6-3)83-77(80)71-68-65-62-59-56-53-50-47-28-26-23-20-17-14-11-8-5-2/h7,10,16,19,25,27,30-31,33-34,74H,4-6,8-9,11-15,17-18,20-24,26,28-29,32,35-73H2,1-3H3/b10-7-,19-16-,27-25-,31-30-,34-33-. The first-order chi connectivity index (χ1) is 41.0. The summed E-state index contributed by atoms with van der Waals surface area (Å²) in [6.45, 7) is 6.60. The second-order valence-electron chi connectivity index (χ2n) is 24.8. The quantitative estimate of drug-likeness (QED) is 0.0261. The van der Waals surface area contributed by atoms with Gasteiger partial charge in [0.15, 0.2) is 6.10 Å². The van der Waals surface area contributed by atoms with E-state index >= 15 is 0 Å². The smallest absolute Gasteiger partial charge is 0.306 e. The van der Waals surface area contributed by atoms with Crippen molar-refractivity contribution in [1.29, 1.82) is 0 Å². The summed E-state index contributed by atoms with van der Waals surface area (Å²) in [5.74, 6) is -0.834. The highest BCUT2D eigenvalue weighted by molar-refractivity contribution is 5.71. The molecule has 0 aromatic heterocycles. The lowest BCUT2D eigenvalue weighted by molar-refractivity contribution is -0.167. The molecular formula is C77H140O6. The zero-order chi connectivity index (χ0) is 59.9. The van der Waals surface area contributed by atoms with E-state index in [-0.39, 0.29) is 31.1 Å². The molecule has 6 heteroatoms. The molecule has 0 heterocycles. The number of hydrogen-bond donors (Lipinski definition) is 0. The van der Waals surface area contributed by atoms with Gasteiger partial charge in [0.1, 0.15) is 13.2 Å². The predicted octanol–water partition coefficient (Wildman–Crippen LogP) is 25.5. The van der Waals surface area contributed by atoms with Crippen molar-refractivity contribution < 1.29 is 28.6 Å². The van der Waals surface area contributed by atoms with Crippen molar-refractivity contribution >= 4 is 17.9 Å². The number of esters is 3. The van der Waals surface area contributed by atoms with Gasteiger partial charge in [-0.3, -0.25) is 14.4 Å². The Morgan fingerprint density at radius 3 is 0.735 bits per heavy atom. The second kappa shape index (κ2) is 71.6. The largest absolute Gasteiger partial charge is 0.462 e. The number of allylic oxidation sites excluding steroid dienone is 10. The highest BCUT2D eigenvalue weighted by atomic mass is 16.6. The molecule has 1 unspecified atom stereocenters. The molecule has 0 aliphatic heterocycles. The Morgan fingerprint density at radius 2 is 0.470 bits per heavy atom. The Morgan fingerprint density at radius 1 is 0.253 bits per heavy atom. The first kappa shape index (κ1) is 80.1. The van der Waals surface area contributed by atoms with Gasteiger partial charge in [0.05, 0.1) is 0 Å². The lowest BCUT2D eigenvalue weighted by Crippen LogP contribution is -2.30. The van der Waals surface area contributed by atoms with Crippen LogP contribution in [0.25, 0.3) is 0 Å². The molecule has 0 bridgehead atoms. The monoisotopic (exact) mass is 1160 g/mol. The van der Waals surface area contributed by atoms with E-state index in [2.05, 4.69) is 81.5 Å². The van der Waals surface area contributed by atoms with Crippen LogP contribution >= 0.6 is 0 Å². The summed E-state index contributed by atoms with van der Waals surface area (Å²) in [6.07, 6.45) is 92.7. The van der Waals surface area contributed by atoms with Crippen LogP contribution in [0.4, 0.5) is 0 Å². The molecule has 0 N–H and O–H groups in total. The van der Waals surface area contributed by atoms with Gasteiger partial charge < -0.3 is 14.2 Å². The van der Waals surface area contributed by atoms with Gasteiger partial charge in [-0.2, -0.15) is 0 Å². The van der Waals surface area contributed by atoms with E-state index in [1.807, 2.05) is 0 Å². The number of rotatable bonds is 68. The van der Waals surface area contributed by atoms with E-state index in [0.29, 0.717) is 19.3 Å². The Labute approximate surface area is 517 Å². The Hall–Kier alpha value is -2.89. The van der Waals surface area contributed by atoms with Gasteiger partial charge in [0.25, 0.3) is 0 Å². The maximum atomic E-state index is 12.9. The van der Waals surface area contributed by atoms with Crippen LogP contribution in [0.1, 0.15) is 393 Å². The van der Waals surface area contributed by atoms with Crippen molar-refractivity contribution in [1.82, 2.24) is 0 Å². The number of carbonyl (C=O) groups is 3. The molecule has 0 amide bonds. The van der Waals surface area contributed by atoms with Crippen molar-refractivity contribution in [2.45, 2.75) is 399 Å². The summed E-state index contributed by atoms with van der Waals surface area (Å²) in [6, 6.07) is 0. The summed E-state index contributed by atoms with van der Waals surface area (Å²) in [5, 5.41) is 0. The molecule has 0 fully saturated rings. The van der Waals surface area contributed by atoms with Gasteiger partial charge in [0.2, 0.25) is 0 Å². The first-order valence-electron chi connectivity index (χ1n) is 36.8. The number of unbranched alkanes of at least 4 members (excludes halogenated alkanes) is 47. The molecule has 0 aliphatic rings. The topological polar surface area (TPSA) is 78.9 Å². The molecule has 0 saturated carbocycles. The van der Waals surface area contributed by atoms with Gasteiger partial charge in [-0.1, -0.05) is 370 Å². The van der Waals surface area contributed by atoms with E-state index in [1.165, 1.54) is 263 Å². The number of hydrogen-bond acceptors (Lipinski definition) is 6. The van der Waals surface area contributed by atoms with Crippen LogP contribution in [-0.2, 0) is 28.6 Å². The average Bonchev–Trinajstić information content (AvgIpc) is 3.49. The second-order valence-corrected chi connectivity index (χ2v) is 24.8. The van der Waals surface area contributed by atoms with E-state index in [4.69, 9.17) is 14.2 Å². The van der Waals surface area contributed by atoms with Crippen LogP contribution in [-0.4, -0.2) is 37.2 Å². The van der Waals surface area contributed by atoms with Gasteiger partial charge in [0, 0.05) is 19.3 Å². The molecular weight excluding hydrogens is 1020 g/mol. The summed E-state index contributed by atoms with van der Waals surface area (Å²) in [5.41, 5.74) is 0. The first-order valence-corrected chi connectivity index (χ1v) is 36.8. The van der Waals surface area contributed by atoms with Crippen LogP contribution < -0.4 is 0 Å². The highest BCUT2D eigenvalue weighted by Crippen LogP contribution is 2.19. The van der Waals surface area contributed by atoms with Gasteiger partial charge in [-0.05, 0) is 64.2 Å². The van der Waals surface area contributed by atoms with Crippen molar-refractivity contribution in [2.75, 3.05) is 13.2 Å². The van der Waals surface area contributed by atoms with Crippen molar-refractivity contribution in [3.63, 3.8) is 0 Å². The normalized spacial score (nSPS) is 12.4. The lowest BCUT2D eigenvalue weighted by atomic mass is 10.0. The van der Waals surface area contributed by atoms with E-state index in [0.717, 1.165) is 89.9 Å². The maximum absolute atomic E-state index is 12.9. The summed E-state index contributed by atoms with van der Waals surface area (Å²) in [4.78, 5) is 38.4. The maximum Gasteiger partial charge on any atom is 0.306 e. The summed E-state index contributed by atoms with van der Waals surface area (Å²) >= 11 is 0. The third-order valence-electron chi connectivity index (χ3n) is 16.5. The average molecular weight is 1160 g/mol. The molecule has 0 aromatic rings. The van der Waals surface area contributed by atoms with Gasteiger partial charge >= 0.3 is 17.9 Å². The molecule has 0 spiro atoms. The third-order valence-corrected chi connectivity index (χ3v) is 16.5. The van der Waals surface area contributed by atoms with Crippen molar-refractivity contribution in [3.05, 3.63) is 60.8 Å². The molecule has 0 saturated heterocycles. The molecule has 0 aliphatic carbocycles. The predicted molar refractivity (Wildman–Crippen MR) is 362 cm³/mol. The SMILES string of the molecule is CC/C=C\C/C=C\C/C=C\C/C=C\C/C=C\CCCCCCCCCCCCCCCCCCCCCC(=O)OCC(COC(=O)CCCCCCCCCCCCCCC)OC(=O)CCCCCCCCCCCCCCCCCCC. The zero-order valence-electron chi connectivity index (χ0n) is 55.7. The minimum atomic E-state index is -0.768.